The maximum absolute atomic E-state index is 2.40. The lowest BCUT2D eigenvalue weighted by Crippen LogP contribution is -1.88. The second kappa shape index (κ2) is 1.04. The lowest BCUT2D eigenvalue weighted by Gasteiger charge is -1.98. The molecule has 2 fully saturated rings. The van der Waals surface area contributed by atoms with Gasteiger partial charge >= 0.3 is 0 Å². The first-order valence-electron chi connectivity index (χ1n) is 3.38. The summed E-state index contributed by atoms with van der Waals surface area (Å²) in [4.78, 5) is 0. The second-order valence-corrected chi connectivity index (χ2v) is 3.21. The molecule has 0 heteroatoms. The van der Waals surface area contributed by atoms with Gasteiger partial charge in [-0.1, -0.05) is 13.3 Å². The van der Waals surface area contributed by atoms with Crippen molar-refractivity contribution in [3.63, 3.8) is 0 Å². The van der Waals surface area contributed by atoms with Crippen LogP contribution < -0.4 is 0 Å². The summed E-state index contributed by atoms with van der Waals surface area (Å²) in [6.07, 6.45) is 4.64. The summed E-state index contributed by atoms with van der Waals surface area (Å²) in [5.74, 6) is 3.46. The summed E-state index contributed by atoms with van der Waals surface area (Å²) >= 11 is 0. The fourth-order valence-electron chi connectivity index (χ4n) is 1.99. The maximum atomic E-state index is 2.40. The quantitative estimate of drug-likeness (QED) is 0.433. The fraction of sp³-hybridized carbons (Fsp3) is 1.00. The molecule has 0 aromatic rings. The zero-order chi connectivity index (χ0) is 4.85. The van der Waals surface area contributed by atoms with E-state index in [-0.39, 0.29) is 0 Å². The van der Waals surface area contributed by atoms with Crippen molar-refractivity contribution in [2.45, 2.75) is 26.2 Å². The van der Waals surface area contributed by atoms with Crippen LogP contribution in [0.15, 0.2) is 0 Å². The molecule has 0 aromatic carbocycles. The van der Waals surface area contributed by atoms with Gasteiger partial charge in [-0.25, -0.2) is 0 Å². The van der Waals surface area contributed by atoms with Crippen LogP contribution in [-0.4, -0.2) is 0 Å². The normalized spacial score (nSPS) is 57.0. The Kier molecular flexibility index (Phi) is 0.586. The van der Waals surface area contributed by atoms with Gasteiger partial charge in [-0.05, 0) is 30.6 Å². The summed E-state index contributed by atoms with van der Waals surface area (Å²) in [7, 11) is 0. The van der Waals surface area contributed by atoms with E-state index in [1.54, 1.807) is 12.8 Å². The Hall–Kier alpha value is 0. The van der Waals surface area contributed by atoms with Crippen LogP contribution in [0.5, 0.6) is 0 Å². The molecule has 0 radical (unpaired) electrons. The molecule has 40 valence electrons. The Morgan fingerprint density at radius 1 is 1.29 bits per heavy atom. The highest BCUT2D eigenvalue weighted by molar-refractivity contribution is 4.95. The second-order valence-electron chi connectivity index (χ2n) is 3.21. The van der Waals surface area contributed by atoms with E-state index < -0.39 is 0 Å². The van der Waals surface area contributed by atoms with E-state index in [1.807, 2.05) is 0 Å². The average Bonchev–Trinajstić information content (AvgIpc) is 2.33. The highest BCUT2D eigenvalue weighted by Gasteiger charge is 2.45. The van der Waals surface area contributed by atoms with E-state index in [2.05, 4.69) is 6.92 Å². The third-order valence-corrected chi connectivity index (χ3v) is 2.70. The van der Waals surface area contributed by atoms with Crippen molar-refractivity contribution in [3.8, 4) is 0 Å². The van der Waals surface area contributed by atoms with Crippen LogP contribution in [0.3, 0.4) is 0 Å². The van der Waals surface area contributed by atoms with E-state index in [0.29, 0.717) is 0 Å². The summed E-state index contributed by atoms with van der Waals surface area (Å²) < 4.78 is 0. The van der Waals surface area contributed by atoms with Crippen molar-refractivity contribution in [2.75, 3.05) is 0 Å². The van der Waals surface area contributed by atoms with Gasteiger partial charge in [-0.15, -0.1) is 0 Å². The van der Waals surface area contributed by atoms with Crippen molar-refractivity contribution in [2.24, 2.45) is 17.8 Å². The van der Waals surface area contributed by atoms with E-state index in [4.69, 9.17) is 0 Å². The first kappa shape index (κ1) is 3.94. The molecule has 0 spiro atoms. The van der Waals surface area contributed by atoms with Crippen molar-refractivity contribution >= 4 is 0 Å². The Morgan fingerprint density at radius 2 is 2.14 bits per heavy atom. The molecule has 0 bridgehead atoms. The molecular formula is C7H12. The van der Waals surface area contributed by atoms with Crippen LogP contribution in [-0.2, 0) is 0 Å². The average molecular weight is 96.2 g/mol. The van der Waals surface area contributed by atoms with Gasteiger partial charge in [-0.2, -0.15) is 0 Å². The molecule has 2 aliphatic rings. The molecule has 2 saturated carbocycles. The lowest BCUT2D eigenvalue weighted by molar-refractivity contribution is 0.530. The molecule has 0 N–H and O–H groups in total. The molecule has 2 unspecified atom stereocenters. The predicted molar refractivity (Wildman–Crippen MR) is 30.0 cm³/mol. The van der Waals surface area contributed by atoms with Crippen LogP contribution >= 0.6 is 0 Å². The minimum atomic E-state index is 1.09. The third kappa shape index (κ3) is 0.427. The topological polar surface area (TPSA) is 0 Å². The van der Waals surface area contributed by atoms with E-state index >= 15 is 0 Å². The fourth-order valence-corrected chi connectivity index (χ4v) is 1.99. The SMILES string of the molecule is CC1CCC2C[C@H]12. The zero-order valence-corrected chi connectivity index (χ0v) is 4.85. The maximum Gasteiger partial charge on any atom is -0.0357 e. The Balaban J connectivity index is 2.08. The van der Waals surface area contributed by atoms with Crippen LogP contribution in [0.25, 0.3) is 0 Å². The molecule has 0 amide bonds. The monoisotopic (exact) mass is 96.1 g/mol. The molecule has 3 atom stereocenters. The van der Waals surface area contributed by atoms with E-state index in [0.717, 1.165) is 5.92 Å². The Labute approximate surface area is 44.9 Å². The largest absolute Gasteiger partial charge is 0.0622 e. The van der Waals surface area contributed by atoms with Gasteiger partial charge in [-0.3, -0.25) is 0 Å². The van der Waals surface area contributed by atoms with E-state index in [1.165, 1.54) is 18.3 Å². The molecule has 7 heavy (non-hydrogen) atoms. The van der Waals surface area contributed by atoms with Crippen molar-refractivity contribution in [3.05, 3.63) is 0 Å². The lowest BCUT2D eigenvalue weighted by atomic mass is 10.1. The zero-order valence-electron chi connectivity index (χ0n) is 4.85. The summed E-state index contributed by atoms with van der Waals surface area (Å²) in [5.41, 5.74) is 0. The smallest absolute Gasteiger partial charge is 0.0357 e. The number of hydrogen-bond acceptors (Lipinski definition) is 0. The van der Waals surface area contributed by atoms with Crippen molar-refractivity contribution in [1.29, 1.82) is 0 Å². The number of rotatable bonds is 0. The molecular weight excluding hydrogens is 84.1 g/mol. The number of hydrogen-bond donors (Lipinski definition) is 0. The molecule has 0 saturated heterocycles. The van der Waals surface area contributed by atoms with Gasteiger partial charge in [0.15, 0.2) is 0 Å². The first-order chi connectivity index (χ1) is 3.38. The molecule has 0 heterocycles. The Bertz CT molecular complexity index is 86.0. The summed E-state index contributed by atoms with van der Waals surface area (Å²) in [6.45, 7) is 2.40. The van der Waals surface area contributed by atoms with Gasteiger partial charge < -0.3 is 0 Å². The molecule has 0 aliphatic heterocycles. The summed E-state index contributed by atoms with van der Waals surface area (Å²) in [5, 5.41) is 0. The van der Waals surface area contributed by atoms with Crippen LogP contribution in [0, 0.1) is 17.8 Å². The van der Waals surface area contributed by atoms with Gasteiger partial charge in [0.05, 0.1) is 0 Å². The highest BCUT2D eigenvalue weighted by atomic mass is 14.5. The standard InChI is InChI=1S/C7H12/c1-5-2-3-6-4-7(5)6/h5-7H,2-4H2,1H3/t5?,6?,7-/m1/s1. The van der Waals surface area contributed by atoms with Crippen LogP contribution in [0.1, 0.15) is 26.2 Å². The number of fused-ring (bicyclic) bond motifs is 1. The van der Waals surface area contributed by atoms with Gasteiger partial charge in [0.2, 0.25) is 0 Å². The van der Waals surface area contributed by atoms with Gasteiger partial charge in [0.1, 0.15) is 0 Å². The predicted octanol–water partition coefficient (Wildman–Crippen LogP) is 2.05. The minimum Gasteiger partial charge on any atom is -0.0622 e. The minimum absolute atomic E-state index is 1.09. The Morgan fingerprint density at radius 3 is 2.29 bits per heavy atom. The van der Waals surface area contributed by atoms with Crippen molar-refractivity contribution in [1.82, 2.24) is 0 Å². The molecule has 0 nitrogen and oxygen atoms in total. The third-order valence-electron chi connectivity index (χ3n) is 2.70. The van der Waals surface area contributed by atoms with Crippen LogP contribution in [0.2, 0.25) is 0 Å². The van der Waals surface area contributed by atoms with Gasteiger partial charge in [0, 0.05) is 0 Å². The summed E-state index contributed by atoms with van der Waals surface area (Å²) in [6, 6.07) is 0. The van der Waals surface area contributed by atoms with E-state index in [9.17, 15) is 0 Å². The van der Waals surface area contributed by atoms with Crippen molar-refractivity contribution < 1.29 is 0 Å². The molecule has 2 aliphatic carbocycles. The molecule has 0 aromatic heterocycles. The molecule has 2 rings (SSSR count). The van der Waals surface area contributed by atoms with Crippen LogP contribution in [0.4, 0.5) is 0 Å². The first-order valence-corrected chi connectivity index (χ1v) is 3.38. The highest BCUT2D eigenvalue weighted by Crippen LogP contribution is 2.54. The van der Waals surface area contributed by atoms with Gasteiger partial charge in [0.25, 0.3) is 0 Å².